The van der Waals surface area contributed by atoms with Crippen molar-refractivity contribution in [3.05, 3.63) is 65.7 Å². The summed E-state index contributed by atoms with van der Waals surface area (Å²) >= 11 is 0. The van der Waals surface area contributed by atoms with Crippen molar-refractivity contribution < 1.29 is 0 Å². The fourth-order valence-electron chi connectivity index (χ4n) is 2.11. The zero-order valence-electron chi connectivity index (χ0n) is 12.6. The molecule has 0 saturated heterocycles. The molecule has 0 aliphatic rings. The average Bonchev–Trinajstić information content (AvgIpc) is 2.48. The SMILES string of the molecule is Cc1ccc(CN(C)C(C)CNc2ccccc2)cc1. The van der Waals surface area contributed by atoms with Gasteiger partial charge in [0.15, 0.2) is 0 Å². The molecule has 0 aromatic heterocycles. The molecule has 0 spiro atoms. The van der Waals surface area contributed by atoms with Crippen LogP contribution in [0.1, 0.15) is 18.1 Å². The summed E-state index contributed by atoms with van der Waals surface area (Å²) in [5.41, 5.74) is 3.86. The topological polar surface area (TPSA) is 15.3 Å². The fraction of sp³-hybridized carbons (Fsp3) is 0.333. The van der Waals surface area contributed by atoms with E-state index in [2.05, 4.69) is 79.6 Å². The minimum Gasteiger partial charge on any atom is -0.383 e. The van der Waals surface area contributed by atoms with E-state index >= 15 is 0 Å². The van der Waals surface area contributed by atoms with Crippen LogP contribution in [0.2, 0.25) is 0 Å². The van der Waals surface area contributed by atoms with Gasteiger partial charge in [-0.25, -0.2) is 0 Å². The lowest BCUT2D eigenvalue weighted by Crippen LogP contribution is -2.34. The van der Waals surface area contributed by atoms with E-state index in [9.17, 15) is 0 Å². The summed E-state index contributed by atoms with van der Waals surface area (Å²) in [6.45, 7) is 6.31. The summed E-state index contributed by atoms with van der Waals surface area (Å²) in [4.78, 5) is 2.38. The van der Waals surface area contributed by atoms with Crippen molar-refractivity contribution in [2.24, 2.45) is 0 Å². The smallest absolute Gasteiger partial charge is 0.0340 e. The molecule has 0 saturated carbocycles. The monoisotopic (exact) mass is 268 g/mol. The molecule has 2 aromatic carbocycles. The molecule has 2 rings (SSSR count). The minimum absolute atomic E-state index is 0.483. The Bertz CT molecular complexity index is 505. The number of nitrogens with one attached hydrogen (secondary N) is 1. The highest BCUT2D eigenvalue weighted by molar-refractivity contribution is 5.42. The Kier molecular flexibility index (Phi) is 5.19. The average molecular weight is 268 g/mol. The molecule has 20 heavy (non-hydrogen) atoms. The minimum atomic E-state index is 0.483. The van der Waals surface area contributed by atoms with Crippen LogP contribution in [0.4, 0.5) is 5.69 Å². The number of nitrogens with zero attached hydrogens (tertiary/aromatic N) is 1. The summed E-state index contributed by atoms with van der Waals surface area (Å²) in [5, 5.41) is 3.48. The molecule has 2 aromatic rings. The third-order valence-electron chi connectivity index (χ3n) is 3.68. The first-order valence-corrected chi connectivity index (χ1v) is 7.20. The van der Waals surface area contributed by atoms with Gasteiger partial charge in [0.25, 0.3) is 0 Å². The highest BCUT2D eigenvalue weighted by Gasteiger charge is 2.09. The molecule has 0 heterocycles. The zero-order chi connectivity index (χ0) is 14.4. The maximum Gasteiger partial charge on any atom is 0.0340 e. The molecule has 0 radical (unpaired) electrons. The second-order valence-corrected chi connectivity index (χ2v) is 5.50. The van der Waals surface area contributed by atoms with Gasteiger partial charge < -0.3 is 5.32 Å². The summed E-state index contributed by atoms with van der Waals surface area (Å²) in [5.74, 6) is 0. The van der Waals surface area contributed by atoms with Crippen LogP contribution in [0.15, 0.2) is 54.6 Å². The van der Waals surface area contributed by atoms with E-state index < -0.39 is 0 Å². The molecular formula is C18H24N2. The Morgan fingerprint density at radius 1 is 1.00 bits per heavy atom. The van der Waals surface area contributed by atoms with Gasteiger partial charge in [-0.1, -0.05) is 48.0 Å². The van der Waals surface area contributed by atoms with Crippen LogP contribution >= 0.6 is 0 Å². The number of hydrogen-bond acceptors (Lipinski definition) is 2. The van der Waals surface area contributed by atoms with Gasteiger partial charge in [-0.05, 0) is 38.6 Å². The number of hydrogen-bond donors (Lipinski definition) is 1. The quantitative estimate of drug-likeness (QED) is 0.854. The van der Waals surface area contributed by atoms with E-state index in [-0.39, 0.29) is 0 Å². The van der Waals surface area contributed by atoms with Gasteiger partial charge in [0.05, 0.1) is 0 Å². The van der Waals surface area contributed by atoms with Crippen molar-refractivity contribution in [3.8, 4) is 0 Å². The largest absolute Gasteiger partial charge is 0.383 e. The van der Waals surface area contributed by atoms with Crippen LogP contribution in [0.5, 0.6) is 0 Å². The molecule has 0 aliphatic carbocycles. The van der Waals surface area contributed by atoms with Crippen molar-refractivity contribution in [3.63, 3.8) is 0 Å². The lowest BCUT2D eigenvalue weighted by Gasteiger charge is -2.25. The molecule has 0 fully saturated rings. The standard InChI is InChI=1S/C18H24N2/c1-15-9-11-17(12-10-15)14-20(3)16(2)13-19-18-7-5-4-6-8-18/h4-12,16,19H,13-14H2,1-3H3. The predicted octanol–water partition coefficient (Wildman–Crippen LogP) is 3.93. The second kappa shape index (κ2) is 7.11. The molecular weight excluding hydrogens is 244 g/mol. The van der Waals surface area contributed by atoms with E-state index in [1.807, 2.05) is 6.07 Å². The van der Waals surface area contributed by atoms with E-state index in [4.69, 9.17) is 0 Å². The Balaban J connectivity index is 1.82. The molecule has 2 heteroatoms. The first kappa shape index (κ1) is 14.6. The van der Waals surface area contributed by atoms with Gasteiger partial charge in [0.1, 0.15) is 0 Å². The van der Waals surface area contributed by atoms with Crippen LogP contribution in [0.25, 0.3) is 0 Å². The number of para-hydroxylation sites is 1. The van der Waals surface area contributed by atoms with Gasteiger partial charge in [-0.15, -0.1) is 0 Å². The summed E-state index contributed by atoms with van der Waals surface area (Å²) in [6.07, 6.45) is 0. The molecule has 0 aliphatic heterocycles. The first-order chi connectivity index (χ1) is 9.65. The van der Waals surface area contributed by atoms with Gasteiger partial charge in [-0.3, -0.25) is 4.90 Å². The van der Waals surface area contributed by atoms with Gasteiger partial charge in [-0.2, -0.15) is 0 Å². The van der Waals surface area contributed by atoms with Crippen molar-refractivity contribution in [1.82, 2.24) is 4.90 Å². The number of rotatable bonds is 6. The van der Waals surface area contributed by atoms with Crippen LogP contribution in [-0.4, -0.2) is 24.5 Å². The molecule has 1 N–H and O–H groups in total. The molecule has 1 atom stereocenters. The third kappa shape index (κ3) is 4.39. The Hall–Kier alpha value is -1.80. The maximum absolute atomic E-state index is 3.48. The molecule has 0 amide bonds. The summed E-state index contributed by atoms with van der Waals surface area (Å²) in [6, 6.07) is 19.6. The Labute approximate surface area is 122 Å². The molecule has 1 unspecified atom stereocenters. The Morgan fingerprint density at radius 2 is 1.65 bits per heavy atom. The normalized spacial score (nSPS) is 12.4. The van der Waals surface area contributed by atoms with E-state index in [0.717, 1.165) is 13.1 Å². The van der Waals surface area contributed by atoms with Gasteiger partial charge in [0.2, 0.25) is 0 Å². The third-order valence-corrected chi connectivity index (χ3v) is 3.68. The second-order valence-electron chi connectivity index (χ2n) is 5.50. The van der Waals surface area contributed by atoms with E-state index in [1.165, 1.54) is 16.8 Å². The summed E-state index contributed by atoms with van der Waals surface area (Å²) < 4.78 is 0. The van der Waals surface area contributed by atoms with Crippen molar-refractivity contribution in [2.45, 2.75) is 26.4 Å². The van der Waals surface area contributed by atoms with Crippen LogP contribution in [0, 0.1) is 6.92 Å². The lowest BCUT2D eigenvalue weighted by atomic mass is 10.1. The van der Waals surface area contributed by atoms with Gasteiger partial charge in [0, 0.05) is 24.8 Å². The van der Waals surface area contributed by atoms with Crippen LogP contribution in [0.3, 0.4) is 0 Å². The first-order valence-electron chi connectivity index (χ1n) is 7.20. The fourth-order valence-corrected chi connectivity index (χ4v) is 2.11. The molecule has 106 valence electrons. The number of aryl methyl sites for hydroxylation is 1. The van der Waals surface area contributed by atoms with Crippen molar-refractivity contribution in [1.29, 1.82) is 0 Å². The highest BCUT2D eigenvalue weighted by Crippen LogP contribution is 2.10. The maximum atomic E-state index is 3.48. The molecule has 2 nitrogen and oxygen atoms in total. The predicted molar refractivity (Wildman–Crippen MR) is 87.0 cm³/mol. The van der Waals surface area contributed by atoms with E-state index in [1.54, 1.807) is 0 Å². The zero-order valence-corrected chi connectivity index (χ0v) is 12.6. The van der Waals surface area contributed by atoms with Crippen molar-refractivity contribution >= 4 is 5.69 Å². The van der Waals surface area contributed by atoms with Crippen molar-refractivity contribution in [2.75, 3.05) is 18.9 Å². The molecule has 0 bridgehead atoms. The van der Waals surface area contributed by atoms with Crippen LogP contribution in [-0.2, 0) is 6.54 Å². The highest BCUT2D eigenvalue weighted by atomic mass is 15.1. The van der Waals surface area contributed by atoms with E-state index in [0.29, 0.717) is 6.04 Å². The van der Waals surface area contributed by atoms with Gasteiger partial charge >= 0.3 is 0 Å². The van der Waals surface area contributed by atoms with Crippen LogP contribution < -0.4 is 5.32 Å². The number of likely N-dealkylation sites (N-methyl/N-ethyl adjacent to an activating group) is 1. The lowest BCUT2D eigenvalue weighted by molar-refractivity contribution is 0.259. The Morgan fingerprint density at radius 3 is 2.30 bits per heavy atom. The number of anilines is 1. The number of benzene rings is 2. The summed E-state index contributed by atoms with van der Waals surface area (Å²) in [7, 11) is 2.18.